The zero-order chi connectivity index (χ0) is 23.3. The topological polar surface area (TPSA) is 97.0 Å². The van der Waals surface area contributed by atoms with Gasteiger partial charge in [-0.3, -0.25) is 0 Å². The highest BCUT2D eigenvalue weighted by Gasteiger charge is 2.20. The first kappa shape index (κ1) is 21.4. The number of allylic oxidation sites excluding steroid dienone is 12. The lowest BCUT2D eigenvalue weighted by Gasteiger charge is -2.05. The molecule has 5 aliphatic heterocycles. The molecule has 0 fully saturated rings. The maximum atomic E-state index is 8.97. The van der Waals surface area contributed by atoms with Crippen LogP contribution in [0.15, 0.2) is 115 Å². The number of hydrogen-bond acceptors (Lipinski definition) is 6. The second kappa shape index (κ2) is 9.60. The number of fused-ring (bicyclic) bond motifs is 4. The average Bonchev–Trinajstić information content (AvgIpc) is 3.60. The predicted molar refractivity (Wildman–Crippen MR) is 135 cm³/mol. The molecule has 164 valence electrons. The highest BCUT2D eigenvalue weighted by atomic mass is 14.8. The van der Waals surface area contributed by atoms with Crippen LogP contribution in [-0.4, -0.2) is 22.8 Å². The van der Waals surface area contributed by atoms with Gasteiger partial charge in [0.15, 0.2) is 0 Å². The minimum Gasteiger partial charge on any atom is -0.249 e. The molecule has 5 heterocycles. The molecule has 6 heteroatoms. The summed E-state index contributed by atoms with van der Waals surface area (Å²) in [5, 5.41) is 17.9. The molecule has 0 radical (unpaired) electrons. The third-order valence-electron chi connectivity index (χ3n) is 5.80. The highest BCUT2D eigenvalue weighted by Crippen LogP contribution is 2.30. The first-order valence-corrected chi connectivity index (χ1v) is 11.4. The average molecular weight is 443 g/mol. The van der Waals surface area contributed by atoms with Crippen molar-refractivity contribution < 1.29 is 0 Å². The first-order valence-electron chi connectivity index (χ1n) is 11.4. The van der Waals surface area contributed by atoms with E-state index >= 15 is 0 Å². The fourth-order valence-corrected chi connectivity index (χ4v) is 4.20. The Morgan fingerprint density at radius 2 is 1.18 bits per heavy atom. The largest absolute Gasteiger partial charge is 0.249 e. The van der Waals surface area contributed by atoms with Gasteiger partial charge in [-0.05, 0) is 97.6 Å². The summed E-state index contributed by atoms with van der Waals surface area (Å²) >= 11 is 0. The van der Waals surface area contributed by atoms with Crippen molar-refractivity contribution >= 4 is 22.8 Å². The van der Waals surface area contributed by atoms with Gasteiger partial charge in [0.2, 0.25) is 0 Å². The molecule has 5 rings (SSSR count). The molecule has 0 aromatic heterocycles. The molecule has 5 aliphatic rings. The van der Waals surface area contributed by atoms with Crippen molar-refractivity contribution in [3.63, 3.8) is 0 Å². The summed E-state index contributed by atoms with van der Waals surface area (Å²) in [6, 6.07) is 4.45. The Labute approximate surface area is 198 Å². The SMILES string of the molecule is N#CCCCC1=CC2=NC1=CC1=NC(=CC3=NC(=CC4=NC(=C2)C=C4)C=C3)C=C1CCCC#N. The van der Waals surface area contributed by atoms with Crippen molar-refractivity contribution in [1.82, 2.24) is 0 Å². The van der Waals surface area contributed by atoms with E-state index in [9.17, 15) is 0 Å². The fraction of sp³-hybridized carbons (Fsp3) is 0.214. The lowest BCUT2D eigenvalue weighted by atomic mass is 10.0. The summed E-state index contributed by atoms with van der Waals surface area (Å²) in [5.41, 5.74) is 9.01. The van der Waals surface area contributed by atoms with Crippen LogP contribution in [0.1, 0.15) is 38.5 Å². The van der Waals surface area contributed by atoms with Crippen LogP contribution < -0.4 is 0 Å². The molecule has 0 amide bonds. The molecular formula is C28H22N6. The van der Waals surface area contributed by atoms with Crippen LogP contribution >= 0.6 is 0 Å². The monoisotopic (exact) mass is 442 g/mol. The minimum absolute atomic E-state index is 0.509. The molecule has 0 unspecified atom stereocenters. The molecule has 8 bridgehead atoms. The molecule has 0 spiro atoms. The van der Waals surface area contributed by atoms with Crippen LogP contribution in [0.25, 0.3) is 0 Å². The van der Waals surface area contributed by atoms with E-state index in [2.05, 4.69) is 34.3 Å². The molecule has 0 aliphatic carbocycles. The minimum atomic E-state index is 0.509. The van der Waals surface area contributed by atoms with Crippen molar-refractivity contribution in [2.75, 3.05) is 0 Å². The van der Waals surface area contributed by atoms with Gasteiger partial charge in [-0.15, -0.1) is 0 Å². The molecule has 0 saturated heterocycles. The van der Waals surface area contributed by atoms with Gasteiger partial charge in [0.25, 0.3) is 0 Å². The predicted octanol–water partition coefficient (Wildman–Crippen LogP) is 5.71. The molecule has 0 atom stereocenters. The quantitative estimate of drug-likeness (QED) is 0.493. The number of nitrogens with zero attached hydrogens (tertiary/aromatic N) is 6. The van der Waals surface area contributed by atoms with Crippen LogP contribution in [0.4, 0.5) is 0 Å². The van der Waals surface area contributed by atoms with Crippen LogP contribution in [0, 0.1) is 22.7 Å². The van der Waals surface area contributed by atoms with Crippen molar-refractivity contribution in [2.45, 2.75) is 38.5 Å². The summed E-state index contributed by atoms with van der Waals surface area (Å²) in [4.78, 5) is 19.1. The van der Waals surface area contributed by atoms with Crippen molar-refractivity contribution in [3.8, 4) is 12.1 Å². The van der Waals surface area contributed by atoms with Gasteiger partial charge in [0, 0.05) is 12.8 Å². The Morgan fingerprint density at radius 1 is 0.559 bits per heavy atom. The molecule has 0 aromatic carbocycles. The maximum Gasteiger partial charge on any atom is 0.0691 e. The van der Waals surface area contributed by atoms with E-state index in [0.29, 0.717) is 12.8 Å². The van der Waals surface area contributed by atoms with E-state index in [4.69, 9.17) is 20.5 Å². The molecular weight excluding hydrogens is 420 g/mol. The summed E-state index contributed by atoms with van der Waals surface area (Å²) in [6.07, 6.45) is 24.1. The van der Waals surface area contributed by atoms with Gasteiger partial charge in [-0.25, -0.2) is 20.0 Å². The Morgan fingerprint density at radius 3 is 1.85 bits per heavy atom. The third kappa shape index (κ3) is 4.82. The fourth-order valence-electron chi connectivity index (χ4n) is 4.20. The lowest BCUT2D eigenvalue weighted by molar-refractivity contribution is 0.846. The molecule has 0 saturated carbocycles. The van der Waals surface area contributed by atoms with E-state index in [0.717, 1.165) is 82.5 Å². The maximum absolute atomic E-state index is 8.97. The third-order valence-corrected chi connectivity index (χ3v) is 5.80. The van der Waals surface area contributed by atoms with Crippen LogP contribution in [-0.2, 0) is 0 Å². The number of unbranched alkanes of at least 4 members (excludes halogenated alkanes) is 2. The van der Waals surface area contributed by atoms with Gasteiger partial charge >= 0.3 is 0 Å². The molecule has 0 aromatic rings. The molecule has 6 nitrogen and oxygen atoms in total. The van der Waals surface area contributed by atoms with E-state index in [1.165, 1.54) is 0 Å². The van der Waals surface area contributed by atoms with Gasteiger partial charge in [0.1, 0.15) is 0 Å². The number of hydrogen-bond donors (Lipinski definition) is 0. The number of aliphatic imine (C=N–C) groups is 4. The Balaban J connectivity index is 1.58. The van der Waals surface area contributed by atoms with Crippen LogP contribution in [0.3, 0.4) is 0 Å². The van der Waals surface area contributed by atoms with E-state index in [1.807, 2.05) is 48.6 Å². The summed E-state index contributed by atoms with van der Waals surface area (Å²) in [7, 11) is 0. The van der Waals surface area contributed by atoms with Gasteiger partial charge in [-0.1, -0.05) is 0 Å². The van der Waals surface area contributed by atoms with E-state index in [1.54, 1.807) is 0 Å². The normalized spacial score (nSPS) is 19.6. The zero-order valence-corrected chi connectivity index (χ0v) is 18.7. The molecule has 0 N–H and O–H groups in total. The van der Waals surface area contributed by atoms with Crippen LogP contribution in [0.2, 0.25) is 0 Å². The zero-order valence-electron chi connectivity index (χ0n) is 18.7. The van der Waals surface area contributed by atoms with Crippen molar-refractivity contribution in [1.29, 1.82) is 10.5 Å². The van der Waals surface area contributed by atoms with Crippen molar-refractivity contribution in [2.24, 2.45) is 20.0 Å². The van der Waals surface area contributed by atoms with Gasteiger partial charge in [-0.2, -0.15) is 10.5 Å². The summed E-state index contributed by atoms with van der Waals surface area (Å²) < 4.78 is 0. The lowest BCUT2D eigenvalue weighted by Crippen LogP contribution is -1.98. The van der Waals surface area contributed by atoms with E-state index in [-0.39, 0.29) is 0 Å². The Kier molecular flexibility index (Phi) is 6.05. The standard InChI is InChI=1S/C28H22N6/c29-11-3-1-5-19-13-25-16-23-9-7-21(31-23)15-22-8-10-24(32-22)17-26-14-20(6-2-4-12-30)28(34-26)18-27(19)33-25/h7-10,13-18H,1-6H2. The van der Waals surface area contributed by atoms with E-state index < -0.39 is 0 Å². The van der Waals surface area contributed by atoms with Crippen LogP contribution in [0.5, 0.6) is 0 Å². The van der Waals surface area contributed by atoms with Gasteiger partial charge < -0.3 is 0 Å². The second-order valence-corrected chi connectivity index (χ2v) is 8.37. The smallest absolute Gasteiger partial charge is 0.0691 e. The Hall–Kier alpha value is -4.42. The van der Waals surface area contributed by atoms with Gasteiger partial charge in [0.05, 0.1) is 57.8 Å². The number of rotatable bonds is 6. The summed E-state index contributed by atoms with van der Waals surface area (Å²) in [5.74, 6) is 0. The van der Waals surface area contributed by atoms with Crippen molar-refractivity contribution in [3.05, 3.63) is 94.7 Å². The Bertz CT molecular complexity index is 1390. The summed E-state index contributed by atoms with van der Waals surface area (Å²) in [6.45, 7) is 0. The second-order valence-electron chi connectivity index (χ2n) is 8.37. The number of nitriles is 2. The first-order chi connectivity index (χ1) is 16.7. The highest BCUT2D eigenvalue weighted by molar-refractivity contribution is 6.16. The molecule has 34 heavy (non-hydrogen) atoms.